The predicted octanol–water partition coefficient (Wildman–Crippen LogP) is 4.81. The van der Waals surface area contributed by atoms with E-state index in [1.807, 2.05) is 6.07 Å². The van der Waals surface area contributed by atoms with Gasteiger partial charge in [-0.1, -0.05) is 25.0 Å². The third-order valence-electron chi connectivity index (χ3n) is 5.49. The number of rotatable bonds is 3. The second kappa shape index (κ2) is 5.08. The molecule has 0 radical (unpaired) electrons. The van der Waals surface area contributed by atoms with Crippen molar-refractivity contribution in [3.8, 4) is 0 Å². The third kappa shape index (κ3) is 3.01. The molecule has 1 nitrogen and oxygen atoms in total. The van der Waals surface area contributed by atoms with Crippen molar-refractivity contribution < 1.29 is 4.39 Å². The van der Waals surface area contributed by atoms with E-state index in [0.29, 0.717) is 5.41 Å². The molecule has 0 aromatic heterocycles. The van der Waals surface area contributed by atoms with Crippen molar-refractivity contribution in [1.82, 2.24) is 5.32 Å². The lowest BCUT2D eigenvalue weighted by Gasteiger charge is -2.56. The van der Waals surface area contributed by atoms with E-state index in [9.17, 15) is 4.39 Å². The first-order valence-electron chi connectivity index (χ1n) is 8.34. The predicted molar refractivity (Wildman–Crippen MR) is 86.0 cm³/mol. The van der Waals surface area contributed by atoms with E-state index in [4.69, 9.17) is 0 Å². The van der Waals surface area contributed by atoms with Crippen molar-refractivity contribution in [2.24, 2.45) is 5.41 Å². The molecule has 1 aromatic carbocycles. The Kier molecular flexibility index (Phi) is 3.64. The van der Waals surface area contributed by atoms with Gasteiger partial charge in [0.15, 0.2) is 0 Å². The molecule has 2 aliphatic carbocycles. The van der Waals surface area contributed by atoms with Crippen LogP contribution in [0, 0.1) is 11.2 Å². The zero-order valence-electron chi connectivity index (χ0n) is 13.6. The fourth-order valence-electron chi connectivity index (χ4n) is 4.55. The maximum atomic E-state index is 13.7. The van der Waals surface area contributed by atoms with Crippen LogP contribution in [0.25, 0.3) is 0 Å². The number of nitrogens with one attached hydrogen (secondary N) is 1. The van der Waals surface area contributed by atoms with Crippen LogP contribution in [0.1, 0.15) is 64.9 Å². The summed E-state index contributed by atoms with van der Waals surface area (Å²) in [6.45, 7) is 7.57. The molecule has 2 aliphatic rings. The van der Waals surface area contributed by atoms with Gasteiger partial charge in [-0.25, -0.2) is 4.39 Å². The van der Waals surface area contributed by atoms with Crippen LogP contribution in [-0.4, -0.2) is 12.1 Å². The van der Waals surface area contributed by atoms with Gasteiger partial charge in [-0.15, -0.1) is 0 Å². The van der Waals surface area contributed by atoms with Gasteiger partial charge in [-0.05, 0) is 69.6 Å². The lowest BCUT2D eigenvalue weighted by molar-refractivity contribution is 0.0228. The summed E-state index contributed by atoms with van der Waals surface area (Å²) in [5.74, 6) is -0.102. The quantitative estimate of drug-likeness (QED) is 0.842. The van der Waals surface area contributed by atoms with Crippen molar-refractivity contribution in [2.75, 3.05) is 6.54 Å². The summed E-state index contributed by atoms with van der Waals surface area (Å²) in [4.78, 5) is 0. The summed E-state index contributed by atoms with van der Waals surface area (Å²) < 4.78 is 13.7. The zero-order valence-corrected chi connectivity index (χ0v) is 13.6. The van der Waals surface area contributed by atoms with E-state index in [1.54, 1.807) is 12.1 Å². The Balaban J connectivity index is 1.82. The van der Waals surface area contributed by atoms with Crippen LogP contribution in [0.4, 0.5) is 4.39 Å². The maximum Gasteiger partial charge on any atom is 0.123 e. The molecule has 0 unspecified atom stereocenters. The molecule has 116 valence electrons. The first-order valence-corrected chi connectivity index (χ1v) is 8.34. The SMILES string of the molecule is CC(C)(C)NCC1(c2cccc(F)c2)CC2(CCCC2)C1. The molecule has 2 fully saturated rings. The molecule has 21 heavy (non-hydrogen) atoms. The van der Waals surface area contributed by atoms with Gasteiger partial charge in [0.05, 0.1) is 0 Å². The summed E-state index contributed by atoms with van der Waals surface area (Å²) in [6.07, 6.45) is 7.97. The molecule has 1 spiro atoms. The molecule has 2 saturated carbocycles. The fraction of sp³-hybridized carbons (Fsp3) is 0.684. The Labute approximate surface area is 128 Å². The Morgan fingerprint density at radius 2 is 1.81 bits per heavy atom. The topological polar surface area (TPSA) is 12.0 Å². The van der Waals surface area contributed by atoms with E-state index in [-0.39, 0.29) is 16.8 Å². The van der Waals surface area contributed by atoms with Crippen LogP contribution >= 0.6 is 0 Å². The molecule has 0 saturated heterocycles. The van der Waals surface area contributed by atoms with Gasteiger partial charge in [-0.3, -0.25) is 0 Å². The minimum atomic E-state index is -0.102. The zero-order chi connectivity index (χ0) is 15.1. The normalized spacial score (nSPS) is 23.2. The minimum Gasteiger partial charge on any atom is -0.311 e. The number of hydrogen-bond acceptors (Lipinski definition) is 1. The van der Waals surface area contributed by atoms with Crippen LogP contribution < -0.4 is 5.32 Å². The highest BCUT2D eigenvalue weighted by atomic mass is 19.1. The average Bonchev–Trinajstić information content (AvgIpc) is 2.83. The summed E-state index contributed by atoms with van der Waals surface area (Å²) in [6, 6.07) is 7.29. The van der Waals surface area contributed by atoms with Gasteiger partial charge in [-0.2, -0.15) is 0 Å². The molecular weight excluding hydrogens is 261 g/mol. The van der Waals surface area contributed by atoms with E-state index >= 15 is 0 Å². The van der Waals surface area contributed by atoms with Gasteiger partial charge in [0.25, 0.3) is 0 Å². The second-order valence-electron chi connectivity index (χ2n) is 8.45. The van der Waals surface area contributed by atoms with Crippen LogP contribution in [0.3, 0.4) is 0 Å². The fourth-order valence-corrected chi connectivity index (χ4v) is 4.55. The first-order chi connectivity index (χ1) is 9.83. The van der Waals surface area contributed by atoms with E-state index < -0.39 is 0 Å². The molecule has 3 rings (SSSR count). The molecule has 0 aliphatic heterocycles. The van der Waals surface area contributed by atoms with Gasteiger partial charge in [0.2, 0.25) is 0 Å². The second-order valence-corrected chi connectivity index (χ2v) is 8.45. The summed E-state index contributed by atoms with van der Waals surface area (Å²) in [5, 5.41) is 3.67. The van der Waals surface area contributed by atoms with Crippen LogP contribution in [0.2, 0.25) is 0 Å². The Morgan fingerprint density at radius 3 is 2.38 bits per heavy atom. The first kappa shape index (κ1) is 15.0. The van der Waals surface area contributed by atoms with Crippen LogP contribution in [-0.2, 0) is 5.41 Å². The van der Waals surface area contributed by atoms with Gasteiger partial charge in [0, 0.05) is 17.5 Å². The van der Waals surface area contributed by atoms with E-state index in [1.165, 1.54) is 44.1 Å². The van der Waals surface area contributed by atoms with Crippen molar-refractivity contribution >= 4 is 0 Å². The van der Waals surface area contributed by atoms with Crippen LogP contribution in [0.5, 0.6) is 0 Å². The summed E-state index contributed by atoms with van der Waals surface area (Å²) in [7, 11) is 0. The molecule has 1 aromatic rings. The summed E-state index contributed by atoms with van der Waals surface area (Å²) in [5.41, 5.74) is 2.00. The number of hydrogen-bond donors (Lipinski definition) is 1. The van der Waals surface area contributed by atoms with E-state index in [2.05, 4.69) is 32.2 Å². The smallest absolute Gasteiger partial charge is 0.123 e. The maximum absolute atomic E-state index is 13.7. The molecule has 2 heteroatoms. The molecule has 0 heterocycles. The molecule has 0 amide bonds. The molecule has 0 atom stereocenters. The monoisotopic (exact) mass is 289 g/mol. The Morgan fingerprint density at radius 1 is 1.14 bits per heavy atom. The third-order valence-corrected chi connectivity index (χ3v) is 5.49. The van der Waals surface area contributed by atoms with Gasteiger partial charge in [0.1, 0.15) is 5.82 Å². The summed E-state index contributed by atoms with van der Waals surface area (Å²) >= 11 is 0. The van der Waals surface area contributed by atoms with Crippen molar-refractivity contribution in [1.29, 1.82) is 0 Å². The Hall–Kier alpha value is -0.890. The molecule has 0 bridgehead atoms. The highest BCUT2D eigenvalue weighted by molar-refractivity contribution is 5.32. The van der Waals surface area contributed by atoms with Crippen molar-refractivity contribution in [3.63, 3.8) is 0 Å². The van der Waals surface area contributed by atoms with Crippen molar-refractivity contribution in [3.05, 3.63) is 35.6 Å². The highest BCUT2D eigenvalue weighted by Gasteiger charge is 2.55. The average molecular weight is 289 g/mol. The van der Waals surface area contributed by atoms with E-state index in [0.717, 1.165) is 6.54 Å². The van der Waals surface area contributed by atoms with Crippen molar-refractivity contribution in [2.45, 2.75) is 70.3 Å². The highest BCUT2D eigenvalue weighted by Crippen LogP contribution is 2.62. The number of halogens is 1. The molecular formula is C19H28FN. The molecule has 1 N–H and O–H groups in total. The lowest BCUT2D eigenvalue weighted by Crippen LogP contribution is -2.56. The standard InChI is InChI=1S/C19H28FN/c1-17(2,3)21-14-19(15-7-6-8-16(20)11-15)12-18(13-19)9-4-5-10-18/h6-8,11,21H,4-5,9-10,12-14H2,1-3H3. The van der Waals surface area contributed by atoms with Crippen LogP contribution in [0.15, 0.2) is 24.3 Å². The largest absolute Gasteiger partial charge is 0.311 e. The number of benzene rings is 1. The Bertz CT molecular complexity index is 501. The van der Waals surface area contributed by atoms with Gasteiger partial charge < -0.3 is 5.32 Å². The van der Waals surface area contributed by atoms with Gasteiger partial charge >= 0.3 is 0 Å². The minimum absolute atomic E-state index is 0.102. The lowest BCUT2D eigenvalue weighted by atomic mass is 9.49.